The lowest BCUT2D eigenvalue weighted by atomic mass is 10.1. The van der Waals surface area contributed by atoms with Crippen molar-refractivity contribution in [1.29, 1.82) is 0 Å². The van der Waals surface area contributed by atoms with E-state index >= 15 is 0 Å². The maximum atomic E-state index is 13.9. The molecule has 5 rings (SSSR count). The van der Waals surface area contributed by atoms with Crippen molar-refractivity contribution in [2.75, 3.05) is 16.4 Å². The summed E-state index contributed by atoms with van der Waals surface area (Å²) >= 11 is 0.973. The van der Waals surface area contributed by atoms with Crippen molar-refractivity contribution in [1.82, 2.24) is 5.32 Å². The van der Waals surface area contributed by atoms with Gasteiger partial charge in [0.05, 0.1) is 5.75 Å². The quantitative estimate of drug-likeness (QED) is 0.0612. The monoisotopic (exact) mass is 659 g/mol. The van der Waals surface area contributed by atoms with Crippen molar-refractivity contribution in [2.24, 2.45) is 0 Å². The SMILES string of the molecule is Cc1ccc(-c2ccc(/C=C(\NC(=O)c3ccccc3)C(=O)Nc3ccc(SCC(=O)Nc4c(F)c(F)cc(F)c4F)cc3)o2)cc1. The first-order valence-corrected chi connectivity index (χ1v) is 15.0. The molecular formula is C35H25F4N3O4S. The maximum Gasteiger partial charge on any atom is 0.272 e. The standard InChI is InChI=1S/C35H25F4N3O4S/c1-20-7-9-21(10-8-20)29-16-13-24(46-29)17-28(41-34(44)22-5-3-2-4-6-22)35(45)40-23-11-14-25(15-12-23)47-19-30(43)42-33-31(38)26(36)18-27(37)32(33)39/h2-18H,19H2,1H3,(H,40,45)(H,41,44)(H,42,43)/b28-17-. The van der Waals surface area contributed by atoms with Crippen LogP contribution in [-0.2, 0) is 9.59 Å². The largest absolute Gasteiger partial charge is 0.457 e. The van der Waals surface area contributed by atoms with Crippen molar-refractivity contribution >= 4 is 46.9 Å². The van der Waals surface area contributed by atoms with Crippen LogP contribution in [0, 0.1) is 30.2 Å². The second kappa shape index (κ2) is 14.6. The summed E-state index contributed by atoms with van der Waals surface area (Å²) in [5.74, 6) is -8.20. The molecule has 0 aliphatic carbocycles. The number of amides is 3. The third kappa shape index (κ3) is 8.35. The van der Waals surface area contributed by atoms with Gasteiger partial charge in [0.2, 0.25) is 5.91 Å². The van der Waals surface area contributed by atoms with Gasteiger partial charge in [0.25, 0.3) is 11.8 Å². The number of nitrogens with one attached hydrogen (secondary N) is 3. The van der Waals surface area contributed by atoms with Crippen molar-refractivity contribution in [3.63, 3.8) is 0 Å². The van der Waals surface area contributed by atoms with E-state index in [1.165, 1.54) is 6.08 Å². The van der Waals surface area contributed by atoms with Gasteiger partial charge in [0.15, 0.2) is 23.3 Å². The van der Waals surface area contributed by atoms with Crippen LogP contribution in [0.15, 0.2) is 112 Å². The highest BCUT2D eigenvalue weighted by Crippen LogP contribution is 2.27. The Bertz CT molecular complexity index is 1940. The van der Waals surface area contributed by atoms with Crippen LogP contribution in [0.25, 0.3) is 17.4 Å². The Morgan fingerprint density at radius 3 is 2.11 bits per heavy atom. The van der Waals surface area contributed by atoms with Crippen LogP contribution >= 0.6 is 11.8 Å². The average Bonchev–Trinajstić information content (AvgIpc) is 3.54. The average molecular weight is 660 g/mol. The molecule has 1 aromatic heterocycles. The van der Waals surface area contributed by atoms with E-state index in [0.29, 0.717) is 27.7 Å². The Hall–Kier alpha value is -5.62. The first-order valence-electron chi connectivity index (χ1n) is 14.0. The minimum absolute atomic E-state index is 0.0464. The molecule has 7 nitrogen and oxygen atoms in total. The van der Waals surface area contributed by atoms with E-state index in [-0.39, 0.29) is 17.5 Å². The van der Waals surface area contributed by atoms with E-state index in [1.54, 1.807) is 66.7 Å². The molecule has 5 aromatic rings. The van der Waals surface area contributed by atoms with Gasteiger partial charge in [-0.25, -0.2) is 17.6 Å². The maximum absolute atomic E-state index is 13.9. The van der Waals surface area contributed by atoms with Gasteiger partial charge >= 0.3 is 0 Å². The topological polar surface area (TPSA) is 100 Å². The lowest BCUT2D eigenvalue weighted by molar-refractivity contribution is -0.114. The lowest BCUT2D eigenvalue weighted by Gasteiger charge is -2.11. The number of carbonyl (C=O) groups is 3. The summed E-state index contributed by atoms with van der Waals surface area (Å²) in [5, 5.41) is 7.19. The molecule has 12 heteroatoms. The molecule has 0 atom stereocenters. The second-order valence-electron chi connectivity index (χ2n) is 10.1. The van der Waals surface area contributed by atoms with Crippen LogP contribution in [0.1, 0.15) is 21.7 Å². The number of benzene rings is 4. The number of carbonyl (C=O) groups excluding carboxylic acids is 3. The molecule has 0 radical (unpaired) electrons. The number of rotatable bonds is 10. The Labute approximate surface area is 270 Å². The predicted molar refractivity (Wildman–Crippen MR) is 171 cm³/mol. The summed E-state index contributed by atoms with van der Waals surface area (Å²) < 4.78 is 60.5. The molecule has 0 unspecified atom stereocenters. The summed E-state index contributed by atoms with van der Waals surface area (Å²) in [7, 11) is 0. The Morgan fingerprint density at radius 2 is 1.45 bits per heavy atom. The second-order valence-corrected chi connectivity index (χ2v) is 11.2. The molecule has 3 amide bonds. The zero-order valence-electron chi connectivity index (χ0n) is 24.6. The van der Waals surface area contributed by atoms with Crippen LogP contribution in [0.3, 0.4) is 0 Å². The molecule has 0 saturated heterocycles. The van der Waals surface area contributed by atoms with Crippen LogP contribution in [0.4, 0.5) is 28.9 Å². The van der Waals surface area contributed by atoms with Crippen LogP contribution in [0.5, 0.6) is 0 Å². The van der Waals surface area contributed by atoms with Gasteiger partial charge in [0.1, 0.15) is 22.9 Å². The van der Waals surface area contributed by atoms with Crippen molar-refractivity contribution < 1.29 is 36.4 Å². The number of anilines is 2. The van der Waals surface area contributed by atoms with Gasteiger partial charge in [-0.05, 0) is 55.5 Å². The summed E-state index contributed by atoms with van der Waals surface area (Å²) in [6.45, 7) is 1.97. The molecule has 0 bridgehead atoms. The first kappa shape index (κ1) is 32.8. The minimum Gasteiger partial charge on any atom is -0.457 e. The van der Waals surface area contributed by atoms with Gasteiger partial charge in [-0.3, -0.25) is 14.4 Å². The first-order chi connectivity index (χ1) is 22.6. The Morgan fingerprint density at radius 1 is 0.787 bits per heavy atom. The highest BCUT2D eigenvalue weighted by molar-refractivity contribution is 8.00. The third-order valence-electron chi connectivity index (χ3n) is 6.64. The van der Waals surface area contributed by atoms with E-state index in [4.69, 9.17) is 4.42 Å². The van der Waals surface area contributed by atoms with E-state index in [1.807, 2.05) is 36.5 Å². The van der Waals surface area contributed by atoms with Crippen LogP contribution in [0.2, 0.25) is 0 Å². The highest BCUT2D eigenvalue weighted by atomic mass is 32.2. The summed E-state index contributed by atoms with van der Waals surface area (Å²) in [6.07, 6.45) is 1.41. The van der Waals surface area contributed by atoms with Crippen molar-refractivity contribution in [3.8, 4) is 11.3 Å². The molecule has 0 fully saturated rings. The number of hydrogen-bond donors (Lipinski definition) is 3. The van der Waals surface area contributed by atoms with Crippen LogP contribution < -0.4 is 16.0 Å². The number of halogens is 4. The van der Waals surface area contributed by atoms with Gasteiger partial charge in [-0.2, -0.15) is 0 Å². The fourth-order valence-corrected chi connectivity index (χ4v) is 4.93. The molecule has 0 aliphatic heterocycles. The van der Waals surface area contributed by atoms with E-state index < -0.39 is 46.7 Å². The van der Waals surface area contributed by atoms with Gasteiger partial charge in [0, 0.05) is 33.9 Å². The van der Waals surface area contributed by atoms with Gasteiger partial charge < -0.3 is 20.4 Å². The molecule has 238 valence electrons. The van der Waals surface area contributed by atoms with Crippen molar-refractivity contribution in [3.05, 3.63) is 143 Å². The summed E-state index contributed by atoms with van der Waals surface area (Å²) in [6, 6.07) is 25.8. The fraction of sp³-hybridized carbons (Fsp3) is 0.0571. The molecule has 47 heavy (non-hydrogen) atoms. The molecule has 0 spiro atoms. The van der Waals surface area contributed by atoms with Crippen LogP contribution in [-0.4, -0.2) is 23.5 Å². The molecular weight excluding hydrogens is 634 g/mol. The van der Waals surface area contributed by atoms with E-state index in [9.17, 15) is 31.9 Å². The van der Waals surface area contributed by atoms with E-state index in [0.717, 1.165) is 22.9 Å². The predicted octanol–water partition coefficient (Wildman–Crippen LogP) is 7.95. The molecule has 4 aromatic carbocycles. The summed E-state index contributed by atoms with van der Waals surface area (Å²) in [5.41, 5.74) is 1.31. The molecule has 3 N–H and O–H groups in total. The Balaban J connectivity index is 1.27. The zero-order valence-corrected chi connectivity index (χ0v) is 25.4. The number of hydrogen-bond acceptors (Lipinski definition) is 5. The molecule has 0 saturated carbocycles. The smallest absolute Gasteiger partial charge is 0.272 e. The summed E-state index contributed by atoms with van der Waals surface area (Å²) in [4.78, 5) is 39.1. The fourth-order valence-electron chi connectivity index (χ4n) is 4.23. The van der Waals surface area contributed by atoms with Gasteiger partial charge in [-0.15, -0.1) is 11.8 Å². The minimum atomic E-state index is -1.71. The van der Waals surface area contributed by atoms with Crippen molar-refractivity contribution in [2.45, 2.75) is 11.8 Å². The molecule has 0 aliphatic rings. The lowest BCUT2D eigenvalue weighted by Crippen LogP contribution is -2.30. The number of furan rings is 1. The zero-order chi connectivity index (χ0) is 33.5. The molecule has 1 heterocycles. The van der Waals surface area contributed by atoms with Gasteiger partial charge in [-0.1, -0.05) is 48.0 Å². The third-order valence-corrected chi connectivity index (χ3v) is 7.65. The number of thioether (sulfide) groups is 1. The number of aryl methyl sites for hydroxylation is 1. The normalized spacial score (nSPS) is 11.2. The van der Waals surface area contributed by atoms with E-state index in [2.05, 4.69) is 10.6 Å². The Kier molecular flexibility index (Phi) is 10.2. The highest BCUT2D eigenvalue weighted by Gasteiger charge is 2.21.